The van der Waals surface area contributed by atoms with Crippen molar-refractivity contribution in [3.05, 3.63) is 76.3 Å². The number of methoxy groups -OCH3 is 2. The van der Waals surface area contributed by atoms with Crippen LogP contribution in [-0.2, 0) is 31.7 Å². The molecule has 12 nitrogen and oxygen atoms in total. The molecule has 2 aliphatic rings. The molecule has 0 radical (unpaired) electrons. The van der Waals surface area contributed by atoms with Gasteiger partial charge in [0, 0.05) is 31.1 Å². The number of carbonyl (C=O) groups excluding carboxylic acids is 2. The van der Waals surface area contributed by atoms with E-state index in [1.165, 1.54) is 39.5 Å². The molecular weight excluding hydrogens is 729 g/mol. The number of aliphatic hydroxyl groups is 1. The third kappa shape index (κ3) is 6.44. The summed E-state index contributed by atoms with van der Waals surface area (Å²) < 4.78 is 85.7. The van der Waals surface area contributed by atoms with Gasteiger partial charge < -0.3 is 24.6 Å². The third-order valence-electron chi connectivity index (χ3n) is 10.00. The number of quaternary nitrogens is 1. The topological polar surface area (TPSA) is 135 Å². The lowest BCUT2D eigenvalue weighted by molar-refractivity contribution is -0.953. The number of hydrogen-bond acceptors (Lipinski definition) is 9. The van der Waals surface area contributed by atoms with E-state index in [0.717, 1.165) is 23.8 Å². The normalized spacial score (nSPS) is 23.2. The molecule has 0 spiro atoms. The maximum atomic E-state index is 15.7. The van der Waals surface area contributed by atoms with Crippen LogP contribution in [0, 0.1) is 0 Å². The minimum atomic E-state index is -5.31. The van der Waals surface area contributed by atoms with Crippen molar-refractivity contribution in [2.24, 2.45) is 0 Å². The first-order valence-corrected chi connectivity index (χ1v) is 18.2. The fraction of sp³-hybridized carbons (Fsp3) is 0.429. The van der Waals surface area contributed by atoms with Crippen molar-refractivity contribution < 1.29 is 55.0 Å². The predicted octanol–water partition coefficient (Wildman–Crippen LogP) is 4.40. The highest BCUT2D eigenvalue weighted by atomic mass is 35.5. The quantitative estimate of drug-likeness (QED) is 0.257. The molecule has 17 heteroatoms. The molecule has 0 bridgehead atoms. The first-order valence-electron chi connectivity index (χ1n) is 16.4. The van der Waals surface area contributed by atoms with Crippen LogP contribution in [0.5, 0.6) is 17.2 Å². The molecule has 2 aliphatic heterocycles. The number of nitrogens with one attached hydrogen (secondary N) is 1. The molecule has 5 rings (SSSR count). The van der Waals surface area contributed by atoms with Gasteiger partial charge in [-0.1, -0.05) is 31.5 Å². The van der Waals surface area contributed by atoms with E-state index >= 15 is 4.79 Å². The molecule has 1 saturated heterocycles. The second-order valence-electron chi connectivity index (χ2n) is 12.8. The van der Waals surface area contributed by atoms with Gasteiger partial charge in [0.15, 0.2) is 11.8 Å². The summed E-state index contributed by atoms with van der Waals surface area (Å²) >= 11 is 6.60. The van der Waals surface area contributed by atoms with Crippen molar-refractivity contribution in [1.82, 2.24) is 10.2 Å². The molecule has 3 aromatic carbocycles. The molecular formula is C35H41ClF3N4O8S+. The number of likely N-dealkylation sites (tertiary alicyclic amines) is 1. The number of likely N-dealkylation sites (N-methyl/N-ethyl adjacent to an activating group) is 2. The second-order valence-corrected chi connectivity index (χ2v) is 15.0. The molecule has 0 saturated carbocycles. The van der Waals surface area contributed by atoms with Gasteiger partial charge >= 0.3 is 12.3 Å². The summed E-state index contributed by atoms with van der Waals surface area (Å²) in [7, 11) is 0.266. The summed E-state index contributed by atoms with van der Waals surface area (Å²) in [5.41, 5.74) is -1.49. The molecule has 2 amide bonds. The van der Waals surface area contributed by atoms with Crippen LogP contribution in [0.15, 0.2) is 59.5 Å². The highest BCUT2D eigenvalue weighted by Gasteiger charge is 2.72. The molecule has 52 heavy (non-hydrogen) atoms. The number of halogens is 4. The highest BCUT2D eigenvalue weighted by molar-refractivity contribution is 7.93. The van der Waals surface area contributed by atoms with Gasteiger partial charge in [0.25, 0.3) is 15.9 Å². The fourth-order valence-electron chi connectivity index (χ4n) is 7.62. The van der Waals surface area contributed by atoms with Crippen LogP contribution in [0.3, 0.4) is 0 Å². The zero-order valence-corrected chi connectivity index (χ0v) is 31.0. The molecule has 3 aromatic rings. The third-order valence-corrected chi connectivity index (χ3v) is 12.0. The lowest BCUT2D eigenvalue weighted by atomic mass is 9.78. The lowest BCUT2D eigenvalue weighted by Crippen LogP contribution is -2.69. The highest BCUT2D eigenvalue weighted by Crippen LogP contribution is 2.58. The summed E-state index contributed by atoms with van der Waals surface area (Å²) in [4.78, 5) is 30.6. The molecule has 282 valence electrons. The lowest BCUT2D eigenvalue weighted by Gasteiger charge is -2.48. The fourth-order valence-corrected chi connectivity index (χ4v) is 9.35. The Kier molecular flexibility index (Phi) is 10.8. The minimum Gasteiger partial charge on any atom is -0.497 e. The number of amides is 2. The number of alkyl halides is 3. The number of anilines is 1. The van der Waals surface area contributed by atoms with E-state index in [2.05, 4.69) is 15.0 Å². The van der Waals surface area contributed by atoms with E-state index < -0.39 is 61.0 Å². The molecule has 2 N–H and O–H groups in total. The van der Waals surface area contributed by atoms with Gasteiger partial charge in [-0.25, -0.2) is 8.42 Å². The predicted molar refractivity (Wildman–Crippen MR) is 186 cm³/mol. The summed E-state index contributed by atoms with van der Waals surface area (Å²) in [6.45, 7) is 5.56. The summed E-state index contributed by atoms with van der Waals surface area (Å²) in [5.74, 6) is -2.79. The number of fused-ring (bicyclic) bond motifs is 1. The van der Waals surface area contributed by atoms with E-state index in [9.17, 15) is 31.5 Å². The average Bonchev–Trinajstić information content (AvgIpc) is 3.55. The Bertz CT molecular complexity index is 1980. The maximum Gasteiger partial charge on any atom is 0.573 e. The monoisotopic (exact) mass is 769 g/mol. The number of sulfonamides is 1. The summed E-state index contributed by atoms with van der Waals surface area (Å²) in [6.07, 6.45) is -6.54. The van der Waals surface area contributed by atoms with Gasteiger partial charge in [-0.3, -0.25) is 19.0 Å². The van der Waals surface area contributed by atoms with Gasteiger partial charge in [-0.2, -0.15) is 4.31 Å². The maximum absolute atomic E-state index is 15.7. The molecule has 0 aromatic heterocycles. The van der Waals surface area contributed by atoms with Gasteiger partial charge in [0.2, 0.25) is 5.54 Å². The zero-order valence-electron chi connectivity index (χ0n) is 29.5. The smallest absolute Gasteiger partial charge is 0.497 e. The average molecular weight is 770 g/mol. The summed E-state index contributed by atoms with van der Waals surface area (Å²) in [6, 6.07) is 10.8. The van der Waals surface area contributed by atoms with Crippen LogP contribution in [0.2, 0.25) is 5.02 Å². The molecule has 2 unspecified atom stereocenters. The zero-order chi connectivity index (χ0) is 38.4. The first kappa shape index (κ1) is 39.1. The van der Waals surface area contributed by atoms with E-state index in [-0.39, 0.29) is 46.3 Å². The second kappa shape index (κ2) is 14.4. The van der Waals surface area contributed by atoms with Gasteiger partial charge in [-0.15, -0.1) is 13.2 Å². The summed E-state index contributed by atoms with van der Waals surface area (Å²) in [5, 5.41) is 13.9. The van der Waals surface area contributed by atoms with Crippen molar-refractivity contribution >= 4 is 39.1 Å². The number of carbonyl (C=O) groups is 2. The Balaban J connectivity index is 1.91. The molecule has 2 heterocycles. The number of rotatable bonds is 12. The number of ether oxygens (including phenoxy) is 3. The van der Waals surface area contributed by atoms with Gasteiger partial charge in [0.1, 0.15) is 29.0 Å². The minimum absolute atomic E-state index is 0.0316. The van der Waals surface area contributed by atoms with Gasteiger partial charge in [0.05, 0.1) is 38.1 Å². The van der Waals surface area contributed by atoms with E-state index in [1.54, 1.807) is 25.2 Å². The number of nitrogens with zero attached hydrogens (tertiary/aromatic N) is 3. The number of hydrogen-bond donors (Lipinski definition) is 2. The van der Waals surface area contributed by atoms with Crippen LogP contribution in [0.1, 0.15) is 37.0 Å². The van der Waals surface area contributed by atoms with Crippen LogP contribution < -0.4 is 23.8 Å². The number of aliphatic hydroxyl groups excluding tert-OH is 1. The Morgan fingerprint density at radius 1 is 1.06 bits per heavy atom. The van der Waals surface area contributed by atoms with Crippen molar-refractivity contribution in [2.75, 3.05) is 52.3 Å². The standard InChI is InChI=1S/C35H40ClF3N4O8S/c1-7-41(8-2)19-21-9-13-29(50-6)26(15-21)34(43(4)20-23(44)17-28(43)32(45)40-3)25-16-22(36)10-12-27(25)42(33(34)46)52(47,48)31-14-11-24(49-5)18-30(31)51-35(37,38)39/h9-16,18,23,28,44H,7-8,17,19-20H2,1-6H3/p+1/t23-,28+,34?,43?/m1/s1. The van der Waals surface area contributed by atoms with Crippen LogP contribution in [0.4, 0.5) is 18.9 Å². The Morgan fingerprint density at radius 3 is 2.35 bits per heavy atom. The Labute approximate surface area is 305 Å². The van der Waals surface area contributed by atoms with E-state index in [4.69, 9.17) is 21.1 Å². The van der Waals surface area contributed by atoms with Crippen LogP contribution in [-0.4, -0.2) is 101 Å². The van der Waals surface area contributed by atoms with E-state index in [0.29, 0.717) is 23.9 Å². The van der Waals surface area contributed by atoms with Crippen LogP contribution >= 0.6 is 11.6 Å². The van der Waals surface area contributed by atoms with Crippen molar-refractivity contribution in [2.45, 2.75) is 55.8 Å². The van der Waals surface area contributed by atoms with Gasteiger partial charge in [-0.05, 0) is 61.1 Å². The van der Waals surface area contributed by atoms with Crippen molar-refractivity contribution in [1.29, 1.82) is 0 Å². The number of benzene rings is 3. The van der Waals surface area contributed by atoms with Crippen LogP contribution in [0.25, 0.3) is 0 Å². The molecule has 0 aliphatic carbocycles. The largest absolute Gasteiger partial charge is 0.573 e. The first-order chi connectivity index (χ1) is 24.4. The SMILES string of the molecule is CCN(CC)Cc1ccc(OC)c(C2([N+]3(C)C[C@H](O)C[C@H]3C(=O)NC)C(=O)N(S(=O)(=O)c3ccc(OC)cc3OC(F)(F)F)c3ccc(Cl)cc32)c1. The van der Waals surface area contributed by atoms with Crippen molar-refractivity contribution in [3.63, 3.8) is 0 Å². The molecule has 1 fully saturated rings. The Hall–Kier alpha value is -4.09. The van der Waals surface area contributed by atoms with E-state index in [1.807, 2.05) is 13.8 Å². The van der Waals surface area contributed by atoms with Crippen molar-refractivity contribution in [3.8, 4) is 17.2 Å². The molecule has 4 atom stereocenters. The Morgan fingerprint density at radius 2 is 1.75 bits per heavy atom.